The van der Waals surface area contributed by atoms with Crippen LogP contribution in [-0.4, -0.2) is 25.3 Å². The maximum atomic E-state index is 13.3. The highest BCUT2D eigenvalue weighted by molar-refractivity contribution is 7.89. The third-order valence-electron chi connectivity index (χ3n) is 3.78. The molecule has 0 unspecified atom stereocenters. The average molecular weight is 333 g/mol. The maximum absolute atomic E-state index is 13.3. The van der Waals surface area contributed by atoms with Gasteiger partial charge < -0.3 is 0 Å². The molecule has 0 bridgehead atoms. The van der Waals surface area contributed by atoms with Crippen LogP contribution < -0.4 is 0 Å². The predicted molar refractivity (Wildman–Crippen MR) is 97.1 cm³/mol. The predicted octanol–water partition coefficient (Wildman–Crippen LogP) is 4.15. The molecule has 0 aromatic heterocycles. The van der Waals surface area contributed by atoms with E-state index in [1.165, 1.54) is 4.31 Å². The summed E-state index contributed by atoms with van der Waals surface area (Å²) in [5.74, 6) is 0.102. The van der Waals surface area contributed by atoms with Crippen LogP contribution in [0.15, 0.2) is 48.1 Å². The van der Waals surface area contributed by atoms with Crippen molar-refractivity contribution >= 4 is 10.0 Å². The number of hydrogen-bond acceptors (Lipinski definition) is 2. The van der Waals surface area contributed by atoms with Crippen molar-refractivity contribution in [2.75, 3.05) is 6.54 Å². The van der Waals surface area contributed by atoms with Gasteiger partial charge in [-0.25, -0.2) is 8.42 Å². The van der Waals surface area contributed by atoms with E-state index < -0.39 is 10.0 Å². The number of aryl methyl sites for hydroxylation is 3. The van der Waals surface area contributed by atoms with E-state index in [4.69, 9.17) is 0 Å². The van der Waals surface area contributed by atoms with E-state index in [-0.39, 0.29) is 18.5 Å². The van der Waals surface area contributed by atoms with Crippen LogP contribution in [-0.2, 0) is 10.0 Å². The Morgan fingerprint density at radius 2 is 1.74 bits per heavy atom. The Balaban J connectivity index is 3.58. The molecule has 0 radical (unpaired) electrons. The van der Waals surface area contributed by atoms with Gasteiger partial charge in [-0.1, -0.05) is 44.2 Å². The SMILES string of the molecule is C=C=C[C@H](C(C)C)N(CC=C)S(=O)(=O)c1c(C)cc(C)cc1C. The zero-order valence-electron chi connectivity index (χ0n) is 14.8. The number of rotatable bonds is 7. The Hall–Kier alpha value is -1.61. The summed E-state index contributed by atoms with van der Waals surface area (Å²) in [6.45, 7) is 17.2. The van der Waals surface area contributed by atoms with E-state index in [9.17, 15) is 8.42 Å². The summed E-state index contributed by atoms with van der Waals surface area (Å²) >= 11 is 0. The van der Waals surface area contributed by atoms with Crippen LogP contribution in [0.2, 0.25) is 0 Å². The van der Waals surface area contributed by atoms with Gasteiger partial charge in [-0.15, -0.1) is 12.3 Å². The molecule has 0 heterocycles. The van der Waals surface area contributed by atoms with E-state index in [0.717, 1.165) is 16.7 Å². The largest absolute Gasteiger partial charge is 0.244 e. The van der Waals surface area contributed by atoms with Crippen LogP contribution in [0.25, 0.3) is 0 Å². The van der Waals surface area contributed by atoms with Crippen molar-refractivity contribution in [1.82, 2.24) is 4.31 Å². The van der Waals surface area contributed by atoms with Crippen LogP contribution in [0, 0.1) is 26.7 Å². The van der Waals surface area contributed by atoms with Gasteiger partial charge in [0.15, 0.2) is 0 Å². The summed E-state index contributed by atoms with van der Waals surface area (Å²) in [6.07, 6.45) is 3.33. The van der Waals surface area contributed by atoms with Gasteiger partial charge in [0.25, 0.3) is 0 Å². The van der Waals surface area contributed by atoms with Crippen molar-refractivity contribution in [3.05, 3.63) is 59.9 Å². The normalized spacial score (nSPS) is 13.0. The highest BCUT2D eigenvalue weighted by Crippen LogP contribution is 2.28. The van der Waals surface area contributed by atoms with Gasteiger partial charge in [-0.05, 0) is 43.9 Å². The van der Waals surface area contributed by atoms with Gasteiger partial charge in [0.1, 0.15) is 0 Å². The van der Waals surface area contributed by atoms with E-state index in [0.29, 0.717) is 4.90 Å². The molecule has 1 aromatic rings. The maximum Gasteiger partial charge on any atom is 0.244 e. The first kappa shape index (κ1) is 19.4. The Labute approximate surface area is 141 Å². The molecule has 3 nitrogen and oxygen atoms in total. The van der Waals surface area contributed by atoms with Gasteiger partial charge in [-0.2, -0.15) is 4.31 Å². The second kappa shape index (κ2) is 7.78. The second-order valence-electron chi connectivity index (χ2n) is 6.20. The van der Waals surface area contributed by atoms with Gasteiger partial charge in [-0.3, -0.25) is 0 Å². The average Bonchev–Trinajstić information content (AvgIpc) is 2.40. The number of benzene rings is 1. The van der Waals surface area contributed by atoms with Crippen molar-refractivity contribution in [3.8, 4) is 0 Å². The molecule has 0 fully saturated rings. The first-order chi connectivity index (χ1) is 10.7. The quantitative estimate of drug-likeness (QED) is 0.555. The Morgan fingerprint density at radius 1 is 1.22 bits per heavy atom. The van der Waals surface area contributed by atoms with Crippen molar-refractivity contribution in [2.24, 2.45) is 5.92 Å². The van der Waals surface area contributed by atoms with E-state index >= 15 is 0 Å². The third-order valence-corrected chi connectivity index (χ3v) is 5.95. The number of hydrogen-bond donors (Lipinski definition) is 0. The molecule has 126 valence electrons. The van der Waals surface area contributed by atoms with E-state index in [1.807, 2.05) is 46.8 Å². The summed E-state index contributed by atoms with van der Waals surface area (Å²) in [7, 11) is -3.64. The van der Waals surface area contributed by atoms with Crippen molar-refractivity contribution in [3.63, 3.8) is 0 Å². The Kier molecular flexibility index (Phi) is 6.57. The molecule has 1 rings (SSSR count). The van der Waals surface area contributed by atoms with Crippen molar-refractivity contribution in [1.29, 1.82) is 0 Å². The minimum Gasteiger partial charge on any atom is -0.207 e. The Bertz CT molecular complexity index is 703. The third kappa shape index (κ3) is 4.23. The number of nitrogens with zero attached hydrogens (tertiary/aromatic N) is 1. The molecule has 0 N–H and O–H groups in total. The lowest BCUT2D eigenvalue weighted by atomic mass is 10.0. The minimum atomic E-state index is -3.64. The highest BCUT2D eigenvalue weighted by Gasteiger charge is 2.33. The number of sulfonamides is 1. The van der Waals surface area contributed by atoms with Crippen molar-refractivity contribution in [2.45, 2.75) is 45.6 Å². The van der Waals surface area contributed by atoms with Crippen LogP contribution in [0.3, 0.4) is 0 Å². The molecular formula is C19H27NO2S. The summed E-state index contributed by atoms with van der Waals surface area (Å²) in [5.41, 5.74) is 5.32. The summed E-state index contributed by atoms with van der Waals surface area (Å²) in [5, 5.41) is 0. The van der Waals surface area contributed by atoms with Gasteiger partial charge in [0, 0.05) is 6.54 Å². The fraction of sp³-hybridized carbons (Fsp3) is 0.421. The molecule has 0 amide bonds. The molecular weight excluding hydrogens is 306 g/mol. The molecule has 0 aliphatic carbocycles. The fourth-order valence-corrected chi connectivity index (χ4v) is 5.02. The lowest BCUT2D eigenvalue weighted by Gasteiger charge is -2.31. The second-order valence-corrected chi connectivity index (χ2v) is 8.02. The smallest absolute Gasteiger partial charge is 0.207 e. The first-order valence-corrected chi connectivity index (χ1v) is 9.17. The monoisotopic (exact) mass is 333 g/mol. The topological polar surface area (TPSA) is 37.4 Å². The van der Waals surface area contributed by atoms with E-state index in [2.05, 4.69) is 18.9 Å². The van der Waals surface area contributed by atoms with Gasteiger partial charge in [0.2, 0.25) is 10.0 Å². The Morgan fingerprint density at radius 3 is 2.13 bits per heavy atom. The van der Waals surface area contributed by atoms with Crippen LogP contribution in [0.4, 0.5) is 0 Å². The molecule has 0 spiro atoms. The molecule has 0 aliphatic rings. The molecule has 0 saturated carbocycles. The standard InChI is InChI=1S/C19H27NO2S/c1-8-10-18(14(3)4)20(11-9-2)23(21,22)19-16(6)12-15(5)13-17(19)7/h9-10,12-14,18H,1-2,11H2,3-7H3/t18-/m1/s1. The molecule has 23 heavy (non-hydrogen) atoms. The molecule has 4 heteroatoms. The lowest BCUT2D eigenvalue weighted by molar-refractivity contribution is 0.324. The van der Waals surface area contributed by atoms with Crippen LogP contribution in [0.1, 0.15) is 30.5 Å². The highest BCUT2D eigenvalue weighted by atomic mass is 32.2. The van der Waals surface area contributed by atoms with Crippen LogP contribution >= 0.6 is 0 Å². The van der Waals surface area contributed by atoms with Gasteiger partial charge in [0.05, 0.1) is 10.9 Å². The molecule has 0 aliphatic heterocycles. The zero-order valence-corrected chi connectivity index (χ0v) is 15.6. The van der Waals surface area contributed by atoms with E-state index in [1.54, 1.807) is 12.2 Å². The molecule has 0 saturated heterocycles. The van der Waals surface area contributed by atoms with Crippen molar-refractivity contribution < 1.29 is 8.42 Å². The lowest BCUT2D eigenvalue weighted by Crippen LogP contribution is -2.42. The summed E-state index contributed by atoms with van der Waals surface area (Å²) in [4.78, 5) is 0.382. The summed E-state index contributed by atoms with van der Waals surface area (Å²) in [6, 6.07) is 3.50. The first-order valence-electron chi connectivity index (χ1n) is 7.73. The fourth-order valence-electron chi connectivity index (χ4n) is 2.93. The van der Waals surface area contributed by atoms with Crippen LogP contribution in [0.5, 0.6) is 0 Å². The summed E-state index contributed by atoms with van der Waals surface area (Å²) < 4.78 is 28.1. The molecule has 1 atom stereocenters. The molecule has 1 aromatic carbocycles. The van der Waals surface area contributed by atoms with Gasteiger partial charge >= 0.3 is 0 Å². The minimum absolute atomic E-state index is 0.102. The zero-order chi connectivity index (χ0) is 17.8.